The van der Waals surface area contributed by atoms with E-state index in [9.17, 15) is 10.1 Å². The van der Waals surface area contributed by atoms with E-state index >= 15 is 0 Å². The second kappa shape index (κ2) is 5.59. The average Bonchev–Trinajstić information content (AvgIpc) is 2.25. The number of alkyl halides is 1. The number of hydrogen-bond acceptors (Lipinski definition) is 4. The molecule has 0 fully saturated rings. The maximum atomic E-state index is 10.5. The molecule has 0 heterocycles. The minimum Gasteiger partial charge on any atom is -0.258 e. The fourth-order valence-electron chi connectivity index (χ4n) is 1.01. The fourth-order valence-corrected chi connectivity index (χ4v) is 1.92. The number of nitrogens with zero attached hydrogens (tertiary/aromatic N) is 2. The van der Waals surface area contributed by atoms with E-state index in [0.29, 0.717) is 11.6 Å². The van der Waals surface area contributed by atoms with E-state index in [-0.39, 0.29) is 11.3 Å². The maximum Gasteiger partial charge on any atom is 0.287 e. The van der Waals surface area contributed by atoms with Crippen LogP contribution in [0.15, 0.2) is 23.1 Å². The Morgan fingerprint density at radius 2 is 2.33 bits per heavy atom. The highest BCUT2D eigenvalue weighted by Gasteiger charge is 2.13. The van der Waals surface area contributed by atoms with Crippen molar-refractivity contribution in [3.63, 3.8) is 0 Å². The monoisotopic (exact) mass is 242 g/mol. The summed E-state index contributed by atoms with van der Waals surface area (Å²) in [5, 5.41) is 19.3. The molecule has 0 aliphatic carbocycles. The van der Waals surface area contributed by atoms with Gasteiger partial charge in [-0.2, -0.15) is 5.26 Å². The molecule has 0 radical (unpaired) electrons. The molecule has 0 amide bonds. The van der Waals surface area contributed by atoms with Crippen molar-refractivity contribution in [2.24, 2.45) is 0 Å². The first-order valence-corrected chi connectivity index (χ1v) is 5.58. The summed E-state index contributed by atoms with van der Waals surface area (Å²) in [5.41, 5.74) is -0.0766. The van der Waals surface area contributed by atoms with Crippen LogP contribution in [0.3, 0.4) is 0 Å². The highest BCUT2D eigenvalue weighted by atomic mass is 35.5. The second-order valence-electron chi connectivity index (χ2n) is 2.59. The Morgan fingerprint density at radius 1 is 1.60 bits per heavy atom. The zero-order valence-corrected chi connectivity index (χ0v) is 9.22. The van der Waals surface area contributed by atoms with Crippen molar-refractivity contribution in [3.8, 4) is 6.07 Å². The zero-order chi connectivity index (χ0) is 11.3. The van der Waals surface area contributed by atoms with Gasteiger partial charge in [0.25, 0.3) is 5.69 Å². The molecule has 0 aromatic heterocycles. The van der Waals surface area contributed by atoms with Crippen molar-refractivity contribution < 1.29 is 4.92 Å². The molecule has 0 saturated heterocycles. The first-order valence-electron chi connectivity index (χ1n) is 4.06. The lowest BCUT2D eigenvalue weighted by Gasteiger charge is -2.00. The molecule has 0 bridgehead atoms. The van der Waals surface area contributed by atoms with Crippen molar-refractivity contribution in [2.75, 3.05) is 11.6 Å². The molecular formula is C9H7ClN2O2S. The average molecular weight is 243 g/mol. The van der Waals surface area contributed by atoms with Gasteiger partial charge in [0, 0.05) is 22.6 Å². The molecular weight excluding hydrogens is 236 g/mol. The van der Waals surface area contributed by atoms with E-state index in [1.54, 1.807) is 12.1 Å². The highest BCUT2D eigenvalue weighted by Crippen LogP contribution is 2.25. The minimum atomic E-state index is -0.561. The zero-order valence-electron chi connectivity index (χ0n) is 7.64. The molecule has 15 heavy (non-hydrogen) atoms. The lowest BCUT2D eigenvalue weighted by Crippen LogP contribution is -1.92. The standard InChI is InChI=1S/C9H7ClN2O2S/c10-3-4-15-8-1-2-9(12(13)14)7(5-8)6-11/h1-2,5H,3-4H2. The number of nitriles is 1. The van der Waals surface area contributed by atoms with Crippen molar-refractivity contribution in [1.29, 1.82) is 5.26 Å². The van der Waals surface area contributed by atoms with Crippen LogP contribution in [0.4, 0.5) is 5.69 Å². The van der Waals surface area contributed by atoms with Gasteiger partial charge in [0.15, 0.2) is 0 Å². The van der Waals surface area contributed by atoms with Crippen LogP contribution in [-0.4, -0.2) is 16.6 Å². The van der Waals surface area contributed by atoms with Gasteiger partial charge in [-0.3, -0.25) is 10.1 Å². The van der Waals surface area contributed by atoms with Crippen LogP contribution >= 0.6 is 23.4 Å². The first kappa shape index (κ1) is 11.8. The fraction of sp³-hybridized carbons (Fsp3) is 0.222. The van der Waals surface area contributed by atoms with Crippen molar-refractivity contribution >= 4 is 29.1 Å². The topological polar surface area (TPSA) is 66.9 Å². The van der Waals surface area contributed by atoms with E-state index in [1.165, 1.54) is 23.9 Å². The van der Waals surface area contributed by atoms with Crippen molar-refractivity contribution in [2.45, 2.75) is 4.90 Å². The van der Waals surface area contributed by atoms with Crippen LogP contribution in [0, 0.1) is 21.4 Å². The summed E-state index contributed by atoms with van der Waals surface area (Å²) in [6.07, 6.45) is 0. The Morgan fingerprint density at radius 3 is 2.87 bits per heavy atom. The van der Waals surface area contributed by atoms with E-state index in [1.807, 2.05) is 0 Å². The number of halogens is 1. The summed E-state index contributed by atoms with van der Waals surface area (Å²) >= 11 is 6.98. The lowest BCUT2D eigenvalue weighted by molar-refractivity contribution is -0.385. The molecule has 1 aromatic rings. The van der Waals surface area contributed by atoms with Crippen molar-refractivity contribution in [1.82, 2.24) is 0 Å². The smallest absolute Gasteiger partial charge is 0.258 e. The Kier molecular flexibility index (Phi) is 4.40. The van der Waals surface area contributed by atoms with Gasteiger partial charge in [0.2, 0.25) is 0 Å². The number of nitro groups is 1. The molecule has 4 nitrogen and oxygen atoms in total. The van der Waals surface area contributed by atoms with Gasteiger partial charge >= 0.3 is 0 Å². The molecule has 1 rings (SSSR count). The Balaban J connectivity index is 2.98. The normalized spacial score (nSPS) is 9.60. The third kappa shape index (κ3) is 3.11. The number of thioether (sulfide) groups is 1. The first-order chi connectivity index (χ1) is 7.19. The molecule has 0 aliphatic heterocycles. The van der Waals surface area contributed by atoms with Crippen LogP contribution < -0.4 is 0 Å². The molecule has 78 valence electrons. The van der Waals surface area contributed by atoms with Gasteiger partial charge in [-0.25, -0.2) is 0 Å². The number of rotatable bonds is 4. The van der Waals surface area contributed by atoms with E-state index in [4.69, 9.17) is 16.9 Å². The molecule has 0 N–H and O–H groups in total. The molecule has 0 aliphatic rings. The predicted octanol–water partition coefficient (Wildman–Crippen LogP) is 2.80. The number of benzene rings is 1. The molecule has 0 atom stereocenters. The van der Waals surface area contributed by atoms with E-state index in [0.717, 1.165) is 4.90 Å². The van der Waals surface area contributed by atoms with Gasteiger partial charge in [0.1, 0.15) is 11.6 Å². The largest absolute Gasteiger partial charge is 0.287 e. The summed E-state index contributed by atoms with van der Waals surface area (Å²) in [6.45, 7) is 0. The van der Waals surface area contributed by atoms with Crippen molar-refractivity contribution in [3.05, 3.63) is 33.9 Å². The Labute approximate surface area is 96.0 Å². The van der Waals surface area contributed by atoms with Crippen LogP contribution in [0.2, 0.25) is 0 Å². The second-order valence-corrected chi connectivity index (χ2v) is 4.13. The number of hydrogen-bond donors (Lipinski definition) is 0. The SMILES string of the molecule is N#Cc1cc(SCCCl)ccc1[N+](=O)[O-]. The van der Waals surface area contributed by atoms with E-state index in [2.05, 4.69) is 0 Å². The van der Waals surface area contributed by atoms with Gasteiger partial charge < -0.3 is 0 Å². The van der Waals surface area contributed by atoms with Gasteiger partial charge in [0.05, 0.1) is 4.92 Å². The minimum absolute atomic E-state index is 0.0829. The number of nitro benzene ring substituents is 1. The summed E-state index contributed by atoms with van der Waals surface area (Å²) < 4.78 is 0. The third-order valence-corrected chi connectivity index (χ3v) is 3.04. The quantitative estimate of drug-likeness (QED) is 0.352. The van der Waals surface area contributed by atoms with Gasteiger partial charge in [-0.05, 0) is 12.1 Å². The van der Waals surface area contributed by atoms with Crippen LogP contribution in [0.25, 0.3) is 0 Å². The summed E-state index contributed by atoms with van der Waals surface area (Å²) in [6, 6.07) is 6.28. The molecule has 0 spiro atoms. The maximum absolute atomic E-state index is 10.5. The van der Waals surface area contributed by atoms with Gasteiger partial charge in [-0.1, -0.05) is 0 Å². The Hall–Kier alpha value is -1.25. The van der Waals surface area contributed by atoms with Crippen LogP contribution in [0.5, 0.6) is 0 Å². The third-order valence-electron chi connectivity index (χ3n) is 1.63. The summed E-state index contributed by atoms with van der Waals surface area (Å²) in [7, 11) is 0. The summed E-state index contributed by atoms with van der Waals surface area (Å²) in [4.78, 5) is 10.8. The van der Waals surface area contributed by atoms with Crippen LogP contribution in [0.1, 0.15) is 5.56 Å². The lowest BCUT2D eigenvalue weighted by atomic mass is 10.2. The van der Waals surface area contributed by atoms with E-state index < -0.39 is 4.92 Å². The summed E-state index contributed by atoms with van der Waals surface area (Å²) in [5.74, 6) is 1.22. The molecule has 0 unspecified atom stereocenters. The molecule has 0 saturated carbocycles. The molecule has 6 heteroatoms. The van der Waals surface area contributed by atoms with Crippen LogP contribution in [-0.2, 0) is 0 Å². The highest BCUT2D eigenvalue weighted by molar-refractivity contribution is 7.99. The van der Waals surface area contributed by atoms with Gasteiger partial charge in [-0.15, -0.1) is 23.4 Å². The predicted molar refractivity (Wildman–Crippen MR) is 59.3 cm³/mol. The Bertz CT molecular complexity index is 417. The molecule has 1 aromatic carbocycles.